The van der Waals surface area contributed by atoms with Crippen molar-refractivity contribution in [3.63, 3.8) is 0 Å². The van der Waals surface area contributed by atoms with Crippen LogP contribution in [0.3, 0.4) is 0 Å². The van der Waals surface area contributed by atoms with E-state index < -0.39 is 5.60 Å². The standard InChI is InChI=1S/C16H18FNO/c1-16(19,14-8-3-2-4-9-14)12-18-11-13-7-5-6-10-15(13)17/h2-10,18-19H,11-12H2,1H3. The molecular weight excluding hydrogens is 241 g/mol. The molecule has 19 heavy (non-hydrogen) atoms. The van der Waals surface area contributed by atoms with Gasteiger partial charge in [-0.1, -0.05) is 48.5 Å². The summed E-state index contributed by atoms with van der Waals surface area (Å²) >= 11 is 0. The molecule has 0 amide bonds. The van der Waals surface area contributed by atoms with E-state index in [-0.39, 0.29) is 5.82 Å². The lowest BCUT2D eigenvalue weighted by atomic mass is 9.96. The highest BCUT2D eigenvalue weighted by atomic mass is 19.1. The van der Waals surface area contributed by atoms with Crippen LogP contribution >= 0.6 is 0 Å². The molecule has 0 bridgehead atoms. The fraction of sp³-hybridized carbons (Fsp3) is 0.250. The summed E-state index contributed by atoms with van der Waals surface area (Å²) in [6.07, 6.45) is 0. The summed E-state index contributed by atoms with van der Waals surface area (Å²) in [6.45, 7) is 2.51. The maximum absolute atomic E-state index is 13.4. The fourth-order valence-corrected chi connectivity index (χ4v) is 1.98. The smallest absolute Gasteiger partial charge is 0.127 e. The Labute approximate surface area is 112 Å². The summed E-state index contributed by atoms with van der Waals surface area (Å²) in [5, 5.41) is 13.5. The van der Waals surface area contributed by atoms with Gasteiger partial charge in [-0.15, -0.1) is 0 Å². The Bertz CT molecular complexity index is 525. The summed E-state index contributed by atoms with van der Waals surface area (Å²) < 4.78 is 13.4. The molecule has 0 saturated carbocycles. The third-order valence-corrected chi connectivity index (χ3v) is 3.14. The van der Waals surface area contributed by atoms with Crippen molar-refractivity contribution in [2.75, 3.05) is 6.54 Å². The maximum Gasteiger partial charge on any atom is 0.127 e. The van der Waals surface area contributed by atoms with Crippen molar-refractivity contribution in [1.82, 2.24) is 5.32 Å². The number of aliphatic hydroxyl groups is 1. The highest BCUT2D eigenvalue weighted by molar-refractivity contribution is 5.22. The fourth-order valence-electron chi connectivity index (χ4n) is 1.98. The molecule has 1 unspecified atom stereocenters. The first-order valence-electron chi connectivity index (χ1n) is 6.31. The van der Waals surface area contributed by atoms with Gasteiger partial charge in [0.1, 0.15) is 5.82 Å². The van der Waals surface area contributed by atoms with Crippen LogP contribution in [0.5, 0.6) is 0 Å². The lowest BCUT2D eigenvalue weighted by Gasteiger charge is -2.24. The number of rotatable bonds is 5. The van der Waals surface area contributed by atoms with Crippen molar-refractivity contribution >= 4 is 0 Å². The third-order valence-electron chi connectivity index (χ3n) is 3.14. The average Bonchev–Trinajstić information content (AvgIpc) is 2.42. The number of benzene rings is 2. The van der Waals surface area contributed by atoms with Crippen molar-refractivity contribution in [3.8, 4) is 0 Å². The van der Waals surface area contributed by atoms with Crippen LogP contribution in [0.25, 0.3) is 0 Å². The minimum absolute atomic E-state index is 0.227. The normalized spacial score (nSPS) is 14.1. The van der Waals surface area contributed by atoms with Crippen molar-refractivity contribution in [1.29, 1.82) is 0 Å². The molecule has 2 aromatic rings. The summed E-state index contributed by atoms with van der Waals surface area (Å²) in [4.78, 5) is 0. The van der Waals surface area contributed by atoms with E-state index in [1.807, 2.05) is 30.3 Å². The number of nitrogens with one attached hydrogen (secondary N) is 1. The van der Waals surface area contributed by atoms with Crippen LogP contribution in [0, 0.1) is 5.82 Å². The largest absolute Gasteiger partial charge is 0.384 e. The second-order valence-corrected chi connectivity index (χ2v) is 4.83. The first-order chi connectivity index (χ1) is 9.09. The van der Waals surface area contributed by atoms with E-state index in [0.717, 1.165) is 5.56 Å². The number of halogens is 1. The second-order valence-electron chi connectivity index (χ2n) is 4.83. The average molecular weight is 259 g/mol. The molecule has 0 aliphatic heterocycles. The number of hydrogen-bond acceptors (Lipinski definition) is 2. The predicted molar refractivity (Wildman–Crippen MR) is 74.1 cm³/mol. The van der Waals surface area contributed by atoms with Crippen LogP contribution in [-0.4, -0.2) is 11.7 Å². The molecule has 0 fully saturated rings. The van der Waals surface area contributed by atoms with Crippen molar-refractivity contribution in [3.05, 3.63) is 71.5 Å². The van der Waals surface area contributed by atoms with Gasteiger partial charge in [-0.2, -0.15) is 0 Å². The van der Waals surface area contributed by atoms with Gasteiger partial charge in [-0.05, 0) is 18.6 Å². The zero-order valence-corrected chi connectivity index (χ0v) is 10.9. The van der Waals surface area contributed by atoms with E-state index in [4.69, 9.17) is 0 Å². The molecule has 2 rings (SSSR count). The highest BCUT2D eigenvalue weighted by Gasteiger charge is 2.22. The Morgan fingerprint density at radius 2 is 1.68 bits per heavy atom. The van der Waals surface area contributed by atoms with Gasteiger partial charge in [0.15, 0.2) is 0 Å². The molecule has 0 spiro atoms. The van der Waals surface area contributed by atoms with Crippen molar-refractivity contribution in [2.45, 2.75) is 19.1 Å². The van der Waals surface area contributed by atoms with E-state index in [1.54, 1.807) is 25.1 Å². The molecule has 2 N–H and O–H groups in total. The number of hydrogen-bond donors (Lipinski definition) is 2. The SMILES string of the molecule is CC(O)(CNCc1ccccc1F)c1ccccc1. The molecular formula is C16H18FNO. The molecule has 1 atom stereocenters. The topological polar surface area (TPSA) is 32.3 Å². The Kier molecular flexibility index (Phi) is 4.30. The van der Waals surface area contributed by atoms with E-state index >= 15 is 0 Å². The molecule has 3 heteroatoms. The van der Waals surface area contributed by atoms with Gasteiger partial charge in [-0.3, -0.25) is 0 Å². The summed E-state index contributed by atoms with van der Waals surface area (Å²) in [5.41, 5.74) is 0.481. The predicted octanol–water partition coefficient (Wildman–Crippen LogP) is 2.82. The Morgan fingerprint density at radius 3 is 2.37 bits per heavy atom. The lowest BCUT2D eigenvalue weighted by molar-refractivity contribution is 0.0566. The van der Waals surface area contributed by atoms with E-state index in [1.165, 1.54) is 6.07 Å². The highest BCUT2D eigenvalue weighted by Crippen LogP contribution is 2.19. The maximum atomic E-state index is 13.4. The van der Waals surface area contributed by atoms with Gasteiger partial charge in [-0.25, -0.2) is 4.39 Å². The van der Waals surface area contributed by atoms with Gasteiger partial charge in [0.25, 0.3) is 0 Å². The lowest BCUT2D eigenvalue weighted by Crippen LogP contribution is -2.35. The van der Waals surface area contributed by atoms with E-state index in [9.17, 15) is 9.50 Å². The third kappa shape index (κ3) is 3.63. The molecule has 0 aliphatic carbocycles. The Hall–Kier alpha value is -1.71. The van der Waals surface area contributed by atoms with Crippen LogP contribution in [0.1, 0.15) is 18.1 Å². The first kappa shape index (κ1) is 13.7. The quantitative estimate of drug-likeness (QED) is 0.865. The monoisotopic (exact) mass is 259 g/mol. The minimum Gasteiger partial charge on any atom is -0.384 e. The van der Waals surface area contributed by atoms with Crippen LogP contribution in [0.2, 0.25) is 0 Å². The zero-order valence-electron chi connectivity index (χ0n) is 10.9. The molecule has 0 saturated heterocycles. The van der Waals surface area contributed by atoms with Crippen LogP contribution < -0.4 is 5.32 Å². The second kappa shape index (κ2) is 5.95. The van der Waals surface area contributed by atoms with E-state index in [2.05, 4.69) is 5.32 Å². The van der Waals surface area contributed by atoms with Gasteiger partial charge in [0, 0.05) is 18.7 Å². The molecule has 2 nitrogen and oxygen atoms in total. The summed E-state index contributed by atoms with van der Waals surface area (Å²) in [6, 6.07) is 16.1. The van der Waals surface area contributed by atoms with Crippen LogP contribution in [0.15, 0.2) is 54.6 Å². The minimum atomic E-state index is -0.966. The van der Waals surface area contributed by atoms with Crippen molar-refractivity contribution < 1.29 is 9.50 Å². The molecule has 100 valence electrons. The molecule has 0 heterocycles. The summed E-state index contributed by atoms with van der Waals surface area (Å²) in [5.74, 6) is -0.227. The zero-order chi connectivity index (χ0) is 13.7. The van der Waals surface area contributed by atoms with Crippen LogP contribution in [-0.2, 0) is 12.1 Å². The Morgan fingerprint density at radius 1 is 1.05 bits per heavy atom. The summed E-state index contributed by atoms with van der Waals surface area (Å²) in [7, 11) is 0. The van der Waals surface area contributed by atoms with Gasteiger partial charge < -0.3 is 10.4 Å². The van der Waals surface area contributed by atoms with Crippen LogP contribution in [0.4, 0.5) is 4.39 Å². The van der Waals surface area contributed by atoms with E-state index in [0.29, 0.717) is 18.7 Å². The van der Waals surface area contributed by atoms with Crippen molar-refractivity contribution in [2.24, 2.45) is 0 Å². The van der Waals surface area contributed by atoms with Gasteiger partial charge >= 0.3 is 0 Å². The molecule has 2 aromatic carbocycles. The van der Waals surface area contributed by atoms with Gasteiger partial charge in [0.05, 0.1) is 5.60 Å². The Balaban J connectivity index is 1.94. The molecule has 0 radical (unpaired) electrons. The molecule has 0 aromatic heterocycles. The first-order valence-corrected chi connectivity index (χ1v) is 6.31. The van der Waals surface area contributed by atoms with Gasteiger partial charge in [0.2, 0.25) is 0 Å². The molecule has 0 aliphatic rings.